The van der Waals surface area contributed by atoms with Crippen LogP contribution in [0.2, 0.25) is 10.0 Å². The minimum atomic E-state index is -3.23. The lowest BCUT2D eigenvalue weighted by molar-refractivity contribution is -0.0395. The van der Waals surface area contributed by atoms with Crippen LogP contribution in [-0.2, 0) is 14.8 Å². The van der Waals surface area contributed by atoms with Crippen LogP contribution in [0.5, 0.6) is 0 Å². The number of carbonyl (C=O) groups is 1. The van der Waals surface area contributed by atoms with Gasteiger partial charge in [0.05, 0.1) is 29.6 Å². The Bertz CT molecular complexity index is 852. The number of hydrogen-bond acceptors (Lipinski definition) is 5. The number of rotatable bonds is 7. The molecule has 168 valence electrons. The van der Waals surface area contributed by atoms with Gasteiger partial charge in [-0.15, -0.1) is 0 Å². The fraction of sp³-hybridized carbons (Fsp3) is 0.650. The number of benzene rings is 1. The van der Waals surface area contributed by atoms with Crippen molar-refractivity contribution < 1.29 is 17.9 Å². The molecule has 0 aromatic heterocycles. The average molecular weight is 478 g/mol. The van der Waals surface area contributed by atoms with Gasteiger partial charge in [-0.05, 0) is 37.5 Å². The van der Waals surface area contributed by atoms with E-state index in [0.29, 0.717) is 67.7 Å². The maximum Gasteiger partial charge on any atom is 0.252 e. The predicted octanol–water partition coefficient (Wildman–Crippen LogP) is 2.63. The van der Waals surface area contributed by atoms with Crippen molar-refractivity contribution in [3.63, 3.8) is 0 Å². The van der Waals surface area contributed by atoms with E-state index < -0.39 is 10.0 Å². The molecule has 0 unspecified atom stereocenters. The lowest BCUT2D eigenvalue weighted by atomic mass is 9.85. The minimum Gasteiger partial charge on any atom is -0.379 e. The second kappa shape index (κ2) is 10.1. The third kappa shape index (κ3) is 5.47. The van der Waals surface area contributed by atoms with E-state index in [4.69, 9.17) is 27.9 Å². The van der Waals surface area contributed by atoms with Gasteiger partial charge in [-0.3, -0.25) is 9.69 Å². The average Bonchev–Trinajstić information content (AvgIpc) is 2.73. The van der Waals surface area contributed by atoms with Crippen molar-refractivity contribution in [2.24, 2.45) is 0 Å². The molecule has 30 heavy (non-hydrogen) atoms. The van der Waals surface area contributed by atoms with Gasteiger partial charge in [0, 0.05) is 43.3 Å². The summed E-state index contributed by atoms with van der Waals surface area (Å²) in [5.41, 5.74) is 0.0671. The van der Waals surface area contributed by atoms with E-state index in [1.807, 2.05) is 6.92 Å². The van der Waals surface area contributed by atoms with Gasteiger partial charge in [0.25, 0.3) is 5.91 Å². The summed E-state index contributed by atoms with van der Waals surface area (Å²) in [4.78, 5) is 15.1. The van der Waals surface area contributed by atoms with Crippen molar-refractivity contribution in [3.05, 3.63) is 33.8 Å². The summed E-state index contributed by atoms with van der Waals surface area (Å²) in [6.45, 7) is 6.00. The topological polar surface area (TPSA) is 79.0 Å². The molecule has 0 spiro atoms. The highest BCUT2D eigenvalue weighted by Gasteiger charge is 2.42. The molecule has 2 aliphatic heterocycles. The Hall–Kier alpha value is -0.900. The van der Waals surface area contributed by atoms with E-state index >= 15 is 0 Å². The van der Waals surface area contributed by atoms with Crippen LogP contribution < -0.4 is 5.32 Å². The first-order chi connectivity index (χ1) is 14.3. The Kier molecular flexibility index (Phi) is 8.03. The second-order valence-corrected chi connectivity index (χ2v) is 10.8. The van der Waals surface area contributed by atoms with Crippen molar-refractivity contribution in [3.8, 4) is 0 Å². The largest absolute Gasteiger partial charge is 0.379 e. The van der Waals surface area contributed by atoms with Crippen molar-refractivity contribution in [1.82, 2.24) is 14.5 Å². The van der Waals surface area contributed by atoms with Gasteiger partial charge >= 0.3 is 0 Å². The van der Waals surface area contributed by atoms with E-state index in [1.54, 1.807) is 22.5 Å². The number of carbonyl (C=O) groups excluding carboxylic acids is 1. The summed E-state index contributed by atoms with van der Waals surface area (Å²) in [6.07, 6.45) is 1.92. The van der Waals surface area contributed by atoms with Gasteiger partial charge in [0.1, 0.15) is 0 Å². The summed E-state index contributed by atoms with van der Waals surface area (Å²) in [5.74, 6) is -0.0890. The molecule has 2 aliphatic rings. The summed E-state index contributed by atoms with van der Waals surface area (Å²) < 4.78 is 32.1. The molecular weight excluding hydrogens is 449 g/mol. The molecule has 2 fully saturated rings. The number of nitrogens with one attached hydrogen (secondary N) is 1. The number of morpholine rings is 1. The Labute approximate surface area is 188 Å². The van der Waals surface area contributed by atoms with Crippen LogP contribution in [-0.4, -0.2) is 80.8 Å². The lowest BCUT2D eigenvalue weighted by Gasteiger charge is -2.49. The maximum absolute atomic E-state index is 12.8. The van der Waals surface area contributed by atoms with Crippen molar-refractivity contribution in [2.45, 2.75) is 31.7 Å². The molecule has 0 saturated carbocycles. The van der Waals surface area contributed by atoms with Gasteiger partial charge in [0.15, 0.2) is 0 Å². The standard InChI is InChI=1S/C20H29Cl2N3O4S/c1-2-13-30(27,28)25-7-5-20(6-8-25,24-9-11-29-12-10-24)15-23-19(26)17-4-3-16(21)14-18(17)22/h3-4,14H,2,5-13,15H2,1H3,(H,23,26). The molecule has 1 N–H and O–H groups in total. The SMILES string of the molecule is CCCS(=O)(=O)N1CCC(CNC(=O)c2ccc(Cl)cc2Cl)(N2CCOCC2)CC1. The van der Waals surface area contributed by atoms with E-state index in [9.17, 15) is 13.2 Å². The molecule has 0 atom stereocenters. The Morgan fingerprint density at radius 2 is 1.83 bits per heavy atom. The molecular formula is C20H29Cl2N3O4S. The Morgan fingerprint density at radius 1 is 1.17 bits per heavy atom. The monoisotopic (exact) mass is 477 g/mol. The van der Waals surface area contributed by atoms with Crippen molar-refractivity contribution in [1.29, 1.82) is 0 Å². The van der Waals surface area contributed by atoms with E-state index in [2.05, 4.69) is 10.2 Å². The Morgan fingerprint density at radius 3 is 2.43 bits per heavy atom. The molecule has 0 radical (unpaired) electrons. The smallest absolute Gasteiger partial charge is 0.252 e. The number of sulfonamides is 1. The first-order valence-electron chi connectivity index (χ1n) is 10.3. The number of ether oxygens (including phenoxy) is 1. The highest BCUT2D eigenvalue weighted by Crippen LogP contribution is 2.31. The van der Waals surface area contributed by atoms with Gasteiger partial charge in [-0.2, -0.15) is 0 Å². The second-order valence-electron chi connectivity index (χ2n) is 7.85. The van der Waals surface area contributed by atoms with Gasteiger partial charge < -0.3 is 10.1 Å². The lowest BCUT2D eigenvalue weighted by Crippen LogP contribution is -2.63. The zero-order chi connectivity index (χ0) is 21.8. The van der Waals surface area contributed by atoms with E-state index in [-0.39, 0.29) is 17.2 Å². The van der Waals surface area contributed by atoms with Gasteiger partial charge in [-0.1, -0.05) is 30.1 Å². The van der Waals surface area contributed by atoms with Crippen LogP contribution in [0.1, 0.15) is 36.5 Å². The quantitative estimate of drug-likeness (QED) is 0.652. The Balaban J connectivity index is 1.73. The van der Waals surface area contributed by atoms with Crippen LogP contribution in [0.3, 0.4) is 0 Å². The molecule has 10 heteroatoms. The molecule has 2 heterocycles. The number of piperidine rings is 1. The number of nitrogens with zero attached hydrogens (tertiary/aromatic N) is 2. The molecule has 1 aromatic carbocycles. The van der Waals surface area contributed by atoms with Gasteiger partial charge in [-0.25, -0.2) is 12.7 Å². The maximum atomic E-state index is 12.8. The summed E-state index contributed by atoms with van der Waals surface area (Å²) in [6, 6.07) is 4.80. The number of hydrogen-bond donors (Lipinski definition) is 1. The van der Waals surface area contributed by atoms with Gasteiger partial charge in [0.2, 0.25) is 10.0 Å². The fourth-order valence-corrected chi connectivity index (χ4v) is 6.23. The highest BCUT2D eigenvalue weighted by atomic mass is 35.5. The molecule has 1 aromatic rings. The molecule has 2 saturated heterocycles. The van der Waals surface area contributed by atoms with Crippen LogP contribution in [0, 0.1) is 0 Å². The van der Waals surface area contributed by atoms with Crippen LogP contribution in [0.25, 0.3) is 0 Å². The third-order valence-electron chi connectivity index (χ3n) is 5.94. The molecule has 3 rings (SSSR count). The predicted molar refractivity (Wildman–Crippen MR) is 119 cm³/mol. The number of amides is 1. The molecule has 1 amide bonds. The fourth-order valence-electron chi connectivity index (χ4n) is 4.22. The van der Waals surface area contributed by atoms with E-state index in [0.717, 1.165) is 13.1 Å². The third-order valence-corrected chi connectivity index (χ3v) is 8.57. The summed E-state index contributed by atoms with van der Waals surface area (Å²) in [7, 11) is -3.23. The normalized spacial score (nSPS) is 20.8. The van der Waals surface area contributed by atoms with Crippen LogP contribution in [0.15, 0.2) is 18.2 Å². The zero-order valence-corrected chi connectivity index (χ0v) is 19.5. The zero-order valence-electron chi connectivity index (χ0n) is 17.2. The van der Waals surface area contributed by atoms with Crippen molar-refractivity contribution >= 4 is 39.1 Å². The molecule has 0 aliphatic carbocycles. The van der Waals surface area contributed by atoms with E-state index in [1.165, 1.54) is 0 Å². The summed E-state index contributed by atoms with van der Waals surface area (Å²) >= 11 is 12.1. The molecule has 0 bridgehead atoms. The molecule has 7 nitrogen and oxygen atoms in total. The van der Waals surface area contributed by atoms with Crippen LogP contribution >= 0.6 is 23.2 Å². The first kappa shape index (κ1) is 23.8. The van der Waals surface area contributed by atoms with Crippen LogP contribution in [0.4, 0.5) is 0 Å². The summed E-state index contributed by atoms with van der Waals surface area (Å²) in [5, 5.41) is 3.81. The minimum absolute atomic E-state index is 0.170. The highest BCUT2D eigenvalue weighted by molar-refractivity contribution is 7.89. The van der Waals surface area contributed by atoms with Crippen molar-refractivity contribution in [2.75, 3.05) is 51.7 Å². The number of halogens is 2. The first-order valence-corrected chi connectivity index (χ1v) is 12.7.